The number of aliphatic hydroxyl groups is 1. The molecule has 0 spiro atoms. The van der Waals surface area contributed by atoms with Crippen LogP contribution in [0.5, 0.6) is 5.88 Å². The highest BCUT2D eigenvalue weighted by Crippen LogP contribution is 2.35. The Bertz CT molecular complexity index is 1290. The lowest BCUT2D eigenvalue weighted by atomic mass is 9.81. The van der Waals surface area contributed by atoms with Crippen molar-refractivity contribution in [3.8, 4) is 17.1 Å². The number of benzene rings is 1. The molecule has 1 aliphatic carbocycles. The van der Waals surface area contributed by atoms with Gasteiger partial charge in [-0.3, -0.25) is 0 Å². The van der Waals surface area contributed by atoms with Gasteiger partial charge in [0.15, 0.2) is 17.8 Å². The first-order chi connectivity index (χ1) is 18.5. The molecule has 38 heavy (non-hydrogen) atoms. The van der Waals surface area contributed by atoms with Crippen molar-refractivity contribution in [3.05, 3.63) is 47.8 Å². The number of nitrogens with one attached hydrogen (secondary N) is 2. The lowest BCUT2D eigenvalue weighted by Gasteiger charge is -2.29. The van der Waals surface area contributed by atoms with E-state index in [-0.39, 0.29) is 42.7 Å². The molecule has 9 nitrogen and oxygen atoms in total. The number of pyridine rings is 1. The third-order valence-electron chi connectivity index (χ3n) is 7.77. The minimum absolute atomic E-state index is 0.143. The van der Waals surface area contributed by atoms with Gasteiger partial charge in [0.25, 0.3) is 0 Å². The zero-order valence-corrected chi connectivity index (χ0v) is 21.2. The number of halogens is 1. The van der Waals surface area contributed by atoms with Gasteiger partial charge < -0.3 is 34.4 Å². The predicted molar refractivity (Wildman–Crippen MR) is 137 cm³/mol. The van der Waals surface area contributed by atoms with Gasteiger partial charge in [-0.15, -0.1) is 0 Å². The quantitative estimate of drug-likeness (QED) is 0.445. The third-order valence-corrected chi connectivity index (χ3v) is 7.77. The van der Waals surface area contributed by atoms with Gasteiger partial charge in [-0.1, -0.05) is 24.3 Å². The summed E-state index contributed by atoms with van der Waals surface area (Å²) in [4.78, 5) is 19.3. The highest BCUT2D eigenvalue weighted by atomic mass is 19.1. The molecule has 1 saturated carbocycles. The summed E-state index contributed by atoms with van der Waals surface area (Å²) >= 11 is 0. The number of nitrogens with zero attached hydrogens (tertiary/aromatic N) is 1. The maximum atomic E-state index is 15.1. The van der Waals surface area contributed by atoms with Crippen LogP contribution in [0.25, 0.3) is 22.3 Å². The van der Waals surface area contributed by atoms with E-state index in [2.05, 4.69) is 15.3 Å². The molecule has 3 N–H and O–H groups in total. The Balaban J connectivity index is 1.12. The maximum absolute atomic E-state index is 15.1. The van der Waals surface area contributed by atoms with Crippen molar-refractivity contribution in [1.82, 2.24) is 15.3 Å². The second kappa shape index (κ2) is 10.5. The summed E-state index contributed by atoms with van der Waals surface area (Å²) in [6.45, 7) is 2.70. The molecule has 4 heterocycles. The minimum Gasteiger partial charge on any atom is -0.470 e. The molecule has 2 aliphatic heterocycles. The molecule has 10 heteroatoms. The summed E-state index contributed by atoms with van der Waals surface area (Å²) in [5.41, 5.74) is 3.32. The maximum Gasteiger partial charge on any atom is 0.407 e. The summed E-state index contributed by atoms with van der Waals surface area (Å²) in [5.74, 6) is 0.431. The number of rotatable bonds is 6. The van der Waals surface area contributed by atoms with Crippen LogP contribution < -0.4 is 10.1 Å². The molecule has 2 saturated heterocycles. The van der Waals surface area contributed by atoms with Gasteiger partial charge in [-0.05, 0) is 44.1 Å². The number of carbonyl (C=O) groups is 1. The number of hydrogen-bond acceptors (Lipinski definition) is 7. The van der Waals surface area contributed by atoms with E-state index in [1.807, 2.05) is 24.3 Å². The van der Waals surface area contributed by atoms with Crippen LogP contribution in [-0.4, -0.2) is 71.4 Å². The number of aromatic amines is 1. The molecule has 0 radical (unpaired) electrons. The first-order valence-electron chi connectivity index (χ1n) is 13.3. The number of aromatic nitrogens is 2. The summed E-state index contributed by atoms with van der Waals surface area (Å²) in [7, 11) is 0. The predicted octanol–water partition coefficient (Wildman–Crippen LogP) is 4.05. The van der Waals surface area contributed by atoms with Crippen molar-refractivity contribution in [2.24, 2.45) is 0 Å². The van der Waals surface area contributed by atoms with Crippen LogP contribution in [0.1, 0.15) is 44.1 Å². The van der Waals surface area contributed by atoms with Crippen LogP contribution in [0, 0.1) is 5.82 Å². The lowest BCUT2D eigenvalue weighted by Crippen LogP contribution is -2.37. The first kappa shape index (κ1) is 25.1. The Morgan fingerprint density at radius 3 is 2.66 bits per heavy atom. The average Bonchev–Trinajstić information content (AvgIpc) is 3.61. The van der Waals surface area contributed by atoms with Crippen molar-refractivity contribution in [2.75, 3.05) is 19.8 Å². The minimum atomic E-state index is -0.649. The molecule has 202 valence electrons. The number of fused-ring (bicyclic) bond motifs is 2. The van der Waals surface area contributed by atoms with Crippen LogP contribution in [-0.2, 0) is 14.2 Å². The number of ether oxygens (including phenoxy) is 4. The molecule has 1 aromatic carbocycles. The Morgan fingerprint density at radius 2 is 1.89 bits per heavy atom. The van der Waals surface area contributed by atoms with E-state index in [9.17, 15) is 9.90 Å². The second-order valence-corrected chi connectivity index (χ2v) is 10.2. The fraction of sp³-hybridized carbons (Fsp3) is 0.500. The fourth-order valence-corrected chi connectivity index (χ4v) is 5.80. The molecule has 4 atom stereocenters. The summed E-state index contributed by atoms with van der Waals surface area (Å²) < 4.78 is 37.3. The van der Waals surface area contributed by atoms with Crippen molar-refractivity contribution in [1.29, 1.82) is 0 Å². The summed E-state index contributed by atoms with van der Waals surface area (Å²) in [6.07, 6.45) is 1.66. The molecule has 0 bridgehead atoms. The number of carbonyl (C=O) groups excluding carboxylic acids is 1. The zero-order valence-electron chi connectivity index (χ0n) is 21.2. The Labute approximate surface area is 219 Å². The highest BCUT2D eigenvalue weighted by Gasteiger charge is 2.48. The van der Waals surface area contributed by atoms with Gasteiger partial charge in [0.2, 0.25) is 0 Å². The Morgan fingerprint density at radius 1 is 1.13 bits per heavy atom. The van der Waals surface area contributed by atoms with E-state index in [1.54, 1.807) is 13.0 Å². The van der Waals surface area contributed by atoms with Crippen molar-refractivity contribution in [2.45, 2.75) is 69.0 Å². The Hall–Kier alpha value is -3.21. The molecule has 1 amide bonds. The molecular formula is C28H32FN3O6. The number of amides is 1. The van der Waals surface area contributed by atoms with Gasteiger partial charge in [-0.25, -0.2) is 14.2 Å². The monoisotopic (exact) mass is 525 g/mol. The fourth-order valence-electron chi connectivity index (χ4n) is 5.80. The van der Waals surface area contributed by atoms with E-state index < -0.39 is 11.9 Å². The summed E-state index contributed by atoms with van der Waals surface area (Å²) in [5, 5.41) is 12.9. The number of aliphatic hydroxyl groups excluding tert-OH is 1. The van der Waals surface area contributed by atoms with Crippen LogP contribution >= 0.6 is 0 Å². The molecule has 3 fully saturated rings. The van der Waals surface area contributed by atoms with Gasteiger partial charge in [0, 0.05) is 23.7 Å². The highest BCUT2D eigenvalue weighted by molar-refractivity contribution is 5.81. The molecule has 6 rings (SSSR count). The second-order valence-electron chi connectivity index (χ2n) is 10.2. The van der Waals surface area contributed by atoms with Crippen LogP contribution in [0.2, 0.25) is 0 Å². The van der Waals surface area contributed by atoms with Gasteiger partial charge >= 0.3 is 6.09 Å². The molecule has 3 aliphatic rings. The van der Waals surface area contributed by atoms with Crippen LogP contribution in [0.15, 0.2) is 36.4 Å². The van der Waals surface area contributed by atoms with Crippen LogP contribution in [0.3, 0.4) is 0 Å². The zero-order chi connectivity index (χ0) is 26.2. The topological polar surface area (TPSA) is 115 Å². The standard InChI is InChI=1S/C28H32FN3O6/c1-2-35-28(34)30-18-9-7-16(8-10-18)15-3-5-17(6-4-15)25-19(29)11-20-21(32-25)12-24(31-20)38-23-14-37-26-22(33)13-36-27(23)26/h3-6,11-12,16,18,22-23,26-27,31,33H,2,7-10,13-14H2,1H3,(H,30,34)/t16?,18?,22-,23-,26?,27-/m1/s1. The number of alkyl carbamates (subject to hydrolysis) is 1. The van der Waals surface area contributed by atoms with Gasteiger partial charge in [0.05, 0.1) is 30.9 Å². The van der Waals surface area contributed by atoms with E-state index in [0.29, 0.717) is 41.6 Å². The van der Waals surface area contributed by atoms with Crippen molar-refractivity contribution < 1.29 is 33.2 Å². The van der Waals surface area contributed by atoms with Crippen LogP contribution in [0.4, 0.5) is 9.18 Å². The largest absolute Gasteiger partial charge is 0.470 e. The summed E-state index contributed by atoms with van der Waals surface area (Å²) in [6, 6.07) is 11.2. The molecule has 1 unspecified atom stereocenters. The Kier molecular flexibility index (Phi) is 6.94. The van der Waals surface area contributed by atoms with E-state index in [4.69, 9.17) is 18.9 Å². The van der Waals surface area contributed by atoms with E-state index in [0.717, 1.165) is 25.7 Å². The van der Waals surface area contributed by atoms with Crippen molar-refractivity contribution in [3.63, 3.8) is 0 Å². The number of H-pyrrole nitrogens is 1. The SMILES string of the molecule is CCOC(=O)NC1CCC(c2ccc(-c3nc4cc(O[C@@H]5COC6[C@H](O)CO[C@@H]65)[nH]c4cc3F)cc2)CC1. The molecule has 2 aromatic heterocycles. The molecule has 3 aromatic rings. The lowest BCUT2D eigenvalue weighted by molar-refractivity contribution is 0.00794. The third kappa shape index (κ3) is 4.95. The molecular weight excluding hydrogens is 493 g/mol. The van der Waals surface area contributed by atoms with Gasteiger partial charge in [-0.2, -0.15) is 0 Å². The normalized spacial score (nSPS) is 28.8. The average molecular weight is 526 g/mol. The van der Waals surface area contributed by atoms with E-state index >= 15 is 4.39 Å². The van der Waals surface area contributed by atoms with Crippen molar-refractivity contribution >= 4 is 17.1 Å². The van der Waals surface area contributed by atoms with E-state index in [1.165, 1.54) is 11.6 Å². The number of hydrogen-bond donors (Lipinski definition) is 3. The first-order valence-corrected chi connectivity index (χ1v) is 13.3. The van der Waals surface area contributed by atoms with Gasteiger partial charge in [0.1, 0.15) is 24.0 Å². The smallest absolute Gasteiger partial charge is 0.407 e.